The number of nitrogens with two attached hydrogens (primary N) is 1. The van der Waals surface area contributed by atoms with Crippen LogP contribution in [0.5, 0.6) is 0 Å². The summed E-state index contributed by atoms with van der Waals surface area (Å²) < 4.78 is 2.06. The molecule has 0 aliphatic rings. The van der Waals surface area contributed by atoms with Crippen molar-refractivity contribution in [3.05, 3.63) is 17.5 Å². The van der Waals surface area contributed by atoms with Gasteiger partial charge in [0.05, 0.1) is 6.20 Å². The first-order chi connectivity index (χ1) is 6.20. The molecule has 1 aromatic rings. The Kier molecular flexibility index (Phi) is 3.48. The molecule has 0 aliphatic heterocycles. The highest BCUT2D eigenvalue weighted by Crippen LogP contribution is 2.17. The van der Waals surface area contributed by atoms with Crippen LogP contribution in [-0.4, -0.2) is 16.3 Å². The lowest BCUT2D eigenvalue weighted by atomic mass is 10.0. The fourth-order valence-corrected chi connectivity index (χ4v) is 1.51. The zero-order valence-corrected chi connectivity index (χ0v) is 8.75. The standard InChI is InChI=1S/C10H19N3/c1-4-5-13-9(3)10(7-12-13)8(2)6-11/h7-8H,4-6,11H2,1-3H3. The van der Waals surface area contributed by atoms with Crippen molar-refractivity contribution in [1.29, 1.82) is 0 Å². The van der Waals surface area contributed by atoms with Gasteiger partial charge in [-0.25, -0.2) is 0 Å². The van der Waals surface area contributed by atoms with Gasteiger partial charge in [0.15, 0.2) is 0 Å². The summed E-state index contributed by atoms with van der Waals surface area (Å²) in [5, 5.41) is 4.34. The first kappa shape index (κ1) is 10.3. The minimum absolute atomic E-state index is 0.422. The van der Waals surface area contributed by atoms with Crippen LogP contribution in [-0.2, 0) is 6.54 Å². The van der Waals surface area contributed by atoms with E-state index in [1.807, 2.05) is 6.20 Å². The molecule has 0 aromatic carbocycles. The Labute approximate surface area is 79.9 Å². The fraction of sp³-hybridized carbons (Fsp3) is 0.700. The molecule has 0 spiro atoms. The average molecular weight is 181 g/mol. The van der Waals surface area contributed by atoms with E-state index in [4.69, 9.17) is 5.73 Å². The van der Waals surface area contributed by atoms with E-state index < -0.39 is 0 Å². The van der Waals surface area contributed by atoms with Crippen LogP contribution in [0.4, 0.5) is 0 Å². The van der Waals surface area contributed by atoms with Crippen LogP contribution in [0.25, 0.3) is 0 Å². The largest absolute Gasteiger partial charge is 0.330 e. The van der Waals surface area contributed by atoms with Gasteiger partial charge < -0.3 is 5.73 Å². The van der Waals surface area contributed by atoms with E-state index in [1.165, 1.54) is 11.3 Å². The Morgan fingerprint density at radius 2 is 2.31 bits per heavy atom. The second-order valence-corrected chi connectivity index (χ2v) is 3.55. The lowest BCUT2D eigenvalue weighted by Gasteiger charge is -2.08. The van der Waals surface area contributed by atoms with Gasteiger partial charge in [-0.15, -0.1) is 0 Å². The molecule has 1 unspecified atom stereocenters. The van der Waals surface area contributed by atoms with Crippen LogP contribution in [0.15, 0.2) is 6.20 Å². The van der Waals surface area contributed by atoms with Crippen LogP contribution < -0.4 is 5.73 Å². The van der Waals surface area contributed by atoms with E-state index in [2.05, 4.69) is 30.6 Å². The minimum atomic E-state index is 0.422. The molecule has 1 aromatic heterocycles. The first-order valence-corrected chi connectivity index (χ1v) is 4.93. The Bertz CT molecular complexity index is 265. The first-order valence-electron chi connectivity index (χ1n) is 4.93. The fourth-order valence-electron chi connectivity index (χ4n) is 1.51. The minimum Gasteiger partial charge on any atom is -0.330 e. The summed E-state index contributed by atoms with van der Waals surface area (Å²) in [6.07, 6.45) is 3.07. The maximum atomic E-state index is 5.62. The Morgan fingerprint density at radius 3 is 2.85 bits per heavy atom. The molecule has 0 saturated carbocycles. The summed E-state index contributed by atoms with van der Waals surface area (Å²) in [5.74, 6) is 0.422. The van der Waals surface area contributed by atoms with Gasteiger partial charge in [-0.1, -0.05) is 13.8 Å². The molecule has 3 heteroatoms. The van der Waals surface area contributed by atoms with Gasteiger partial charge in [0, 0.05) is 12.2 Å². The molecule has 1 atom stereocenters. The molecule has 13 heavy (non-hydrogen) atoms. The molecule has 0 saturated heterocycles. The van der Waals surface area contributed by atoms with Crippen LogP contribution in [0.1, 0.15) is 37.4 Å². The molecule has 0 amide bonds. The van der Waals surface area contributed by atoms with Crippen LogP contribution in [0.2, 0.25) is 0 Å². The second kappa shape index (κ2) is 4.42. The van der Waals surface area contributed by atoms with Gasteiger partial charge in [0.1, 0.15) is 0 Å². The molecule has 0 fully saturated rings. The zero-order chi connectivity index (χ0) is 9.84. The molecule has 1 rings (SSSR count). The van der Waals surface area contributed by atoms with Crippen molar-refractivity contribution in [2.75, 3.05) is 6.54 Å². The Morgan fingerprint density at radius 1 is 1.62 bits per heavy atom. The van der Waals surface area contributed by atoms with E-state index in [1.54, 1.807) is 0 Å². The third-order valence-corrected chi connectivity index (χ3v) is 2.46. The normalized spacial score (nSPS) is 13.2. The number of hydrogen-bond acceptors (Lipinski definition) is 2. The molecule has 3 nitrogen and oxygen atoms in total. The monoisotopic (exact) mass is 181 g/mol. The van der Waals surface area contributed by atoms with Gasteiger partial charge in [0.25, 0.3) is 0 Å². The lowest BCUT2D eigenvalue weighted by molar-refractivity contribution is 0.584. The summed E-state index contributed by atoms with van der Waals surface area (Å²) >= 11 is 0. The number of nitrogens with zero attached hydrogens (tertiary/aromatic N) is 2. The van der Waals surface area contributed by atoms with Gasteiger partial charge in [0.2, 0.25) is 0 Å². The second-order valence-electron chi connectivity index (χ2n) is 3.55. The smallest absolute Gasteiger partial charge is 0.0527 e. The van der Waals surface area contributed by atoms with Crippen molar-refractivity contribution in [1.82, 2.24) is 9.78 Å². The van der Waals surface area contributed by atoms with Crippen molar-refractivity contribution in [3.63, 3.8) is 0 Å². The van der Waals surface area contributed by atoms with E-state index >= 15 is 0 Å². The summed E-state index contributed by atoms with van der Waals surface area (Å²) in [5.41, 5.74) is 8.17. The van der Waals surface area contributed by atoms with E-state index in [9.17, 15) is 0 Å². The van der Waals surface area contributed by atoms with Crippen molar-refractivity contribution < 1.29 is 0 Å². The Hall–Kier alpha value is -0.830. The maximum Gasteiger partial charge on any atom is 0.0527 e. The maximum absolute atomic E-state index is 5.62. The summed E-state index contributed by atoms with van der Waals surface area (Å²) in [6.45, 7) is 8.11. The van der Waals surface area contributed by atoms with E-state index in [-0.39, 0.29) is 0 Å². The van der Waals surface area contributed by atoms with Crippen molar-refractivity contribution >= 4 is 0 Å². The number of rotatable bonds is 4. The summed E-state index contributed by atoms with van der Waals surface area (Å²) in [4.78, 5) is 0. The number of hydrogen-bond donors (Lipinski definition) is 1. The van der Waals surface area contributed by atoms with Gasteiger partial charge in [-0.2, -0.15) is 5.10 Å². The SMILES string of the molecule is CCCn1ncc(C(C)CN)c1C. The van der Waals surface area contributed by atoms with E-state index in [0.29, 0.717) is 12.5 Å². The molecular weight excluding hydrogens is 162 g/mol. The third kappa shape index (κ3) is 2.10. The highest BCUT2D eigenvalue weighted by Gasteiger charge is 2.10. The molecule has 0 aliphatic carbocycles. The molecule has 74 valence electrons. The third-order valence-electron chi connectivity index (χ3n) is 2.46. The highest BCUT2D eigenvalue weighted by atomic mass is 15.3. The molecule has 1 heterocycles. The average Bonchev–Trinajstić information content (AvgIpc) is 2.48. The van der Waals surface area contributed by atoms with Gasteiger partial charge >= 0.3 is 0 Å². The van der Waals surface area contributed by atoms with Crippen LogP contribution >= 0.6 is 0 Å². The lowest BCUT2D eigenvalue weighted by Crippen LogP contribution is -2.10. The molecule has 2 N–H and O–H groups in total. The topological polar surface area (TPSA) is 43.8 Å². The highest BCUT2D eigenvalue weighted by molar-refractivity contribution is 5.20. The number of aryl methyl sites for hydroxylation is 1. The molecule has 0 radical (unpaired) electrons. The molecule has 0 bridgehead atoms. The van der Waals surface area contributed by atoms with Crippen molar-refractivity contribution in [3.8, 4) is 0 Å². The van der Waals surface area contributed by atoms with Crippen molar-refractivity contribution in [2.24, 2.45) is 5.73 Å². The van der Waals surface area contributed by atoms with Crippen LogP contribution in [0.3, 0.4) is 0 Å². The van der Waals surface area contributed by atoms with E-state index in [0.717, 1.165) is 13.0 Å². The predicted octanol–water partition coefficient (Wildman–Crippen LogP) is 1.66. The predicted molar refractivity (Wildman–Crippen MR) is 54.7 cm³/mol. The van der Waals surface area contributed by atoms with Crippen LogP contribution in [0, 0.1) is 6.92 Å². The van der Waals surface area contributed by atoms with Gasteiger partial charge in [-0.05, 0) is 31.4 Å². The summed E-state index contributed by atoms with van der Waals surface area (Å²) in [7, 11) is 0. The van der Waals surface area contributed by atoms with Crippen molar-refractivity contribution in [2.45, 2.75) is 39.7 Å². The van der Waals surface area contributed by atoms with Gasteiger partial charge in [-0.3, -0.25) is 4.68 Å². The Balaban J connectivity index is 2.85. The quantitative estimate of drug-likeness (QED) is 0.767. The zero-order valence-electron chi connectivity index (χ0n) is 8.75. The number of aromatic nitrogens is 2. The summed E-state index contributed by atoms with van der Waals surface area (Å²) in [6, 6.07) is 0. The molecular formula is C10H19N3.